The van der Waals surface area contributed by atoms with Crippen LogP contribution in [0.1, 0.15) is 61.7 Å². The van der Waals surface area contributed by atoms with Crippen molar-refractivity contribution in [2.24, 2.45) is 5.92 Å². The van der Waals surface area contributed by atoms with E-state index in [0.29, 0.717) is 0 Å². The first-order valence-electron chi connectivity index (χ1n) is 11.2. The quantitative estimate of drug-likeness (QED) is 0.356. The van der Waals surface area contributed by atoms with Crippen LogP contribution in [0.25, 0.3) is 21.8 Å². The fraction of sp³-hybridized carbons (Fsp3) is 0.357. The van der Waals surface area contributed by atoms with Gasteiger partial charge < -0.3 is 14.7 Å². The number of hydrogen-bond acceptors (Lipinski definition) is 1. The number of rotatable bonds is 4. The van der Waals surface area contributed by atoms with E-state index in [1.807, 2.05) is 13.8 Å². The topological polar surface area (TPSA) is 41.0 Å². The largest absolute Gasteiger partial charge is 0.390 e. The maximum Gasteiger partial charge on any atom is 0.0802 e. The van der Waals surface area contributed by atoms with E-state index in [2.05, 4.69) is 85.4 Å². The van der Waals surface area contributed by atoms with E-state index in [1.165, 1.54) is 38.8 Å². The van der Waals surface area contributed by atoms with E-state index >= 15 is 0 Å². The highest BCUT2D eigenvalue weighted by Gasteiger charge is 2.50. The zero-order chi connectivity index (χ0) is 22.1. The van der Waals surface area contributed by atoms with E-state index in [4.69, 9.17) is 0 Å². The molecule has 0 saturated carbocycles. The lowest BCUT2D eigenvalue weighted by molar-refractivity contribution is -0.00237. The molecule has 0 amide bonds. The average Bonchev–Trinajstić information content (AvgIpc) is 3.31. The van der Waals surface area contributed by atoms with Crippen molar-refractivity contribution < 1.29 is 5.11 Å². The van der Waals surface area contributed by atoms with E-state index in [9.17, 15) is 5.11 Å². The Balaban J connectivity index is 1.86. The number of hydrogen-bond donors (Lipinski definition) is 2. The van der Waals surface area contributed by atoms with E-state index < -0.39 is 5.60 Å². The summed E-state index contributed by atoms with van der Waals surface area (Å²) in [7, 11) is 0. The summed E-state index contributed by atoms with van der Waals surface area (Å²) >= 11 is 0. The Morgan fingerprint density at radius 3 is 2.32 bits per heavy atom. The van der Waals surface area contributed by atoms with E-state index in [0.717, 1.165) is 17.5 Å². The smallest absolute Gasteiger partial charge is 0.0802 e. The third-order valence-electron chi connectivity index (χ3n) is 7.30. The van der Waals surface area contributed by atoms with Gasteiger partial charge in [0.2, 0.25) is 0 Å². The summed E-state index contributed by atoms with van der Waals surface area (Å²) in [5, 5.41) is 14.1. The molecule has 3 atom stereocenters. The Labute approximate surface area is 184 Å². The molecule has 3 nitrogen and oxygen atoms in total. The van der Waals surface area contributed by atoms with Crippen molar-refractivity contribution in [1.29, 1.82) is 0 Å². The van der Waals surface area contributed by atoms with Gasteiger partial charge in [0, 0.05) is 45.0 Å². The molecule has 5 rings (SSSR count). The van der Waals surface area contributed by atoms with E-state index in [-0.39, 0.29) is 17.9 Å². The second-order valence-corrected chi connectivity index (χ2v) is 10.00. The van der Waals surface area contributed by atoms with Gasteiger partial charge in [0.15, 0.2) is 0 Å². The van der Waals surface area contributed by atoms with Crippen molar-refractivity contribution in [3.63, 3.8) is 0 Å². The van der Waals surface area contributed by atoms with Crippen LogP contribution in [0.5, 0.6) is 0 Å². The van der Waals surface area contributed by atoms with Crippen LogP contribution in [-0.2, 0) is 0 Å². The van der Waals surface area contributed by atoms with Crippen molar-refractivity contribution in [2.75, 3.05) is 0 Å². The monoisotopic (exact) mass is 412 g/mol. The lowest BCUT2D eigenvalue weighted by atomic mass is 9.73. The van der Waals surface area contributed by atoms with Crippen LogP contribution < -0.4 is 0 Å². The molecule has 0 radical (unpaired) electrons. The highest BCUT2D eigenvalue weighted by atomic mass is 16.3. The molecule has 0 unspecified atom stereocenters. The lowest BCUT2D eigenvalue weighted by Crippen LogP contribution is -2.37. The Morgan fingerprint density at radius 2 is 1.68 bits per heavy atom. The predicted molar refractivity (Wildman–Crippen MR) is 130 cm³/mol. The van der Waals surface area contributed by atoms with E-state index in [1.54, 1.807) is 0 Å². The summed E-state index contributed by atoms with van der Waals surface area (Å²) in [6.07, 6.45) is 0.877. The number of aryl methyl sites for hydroxylation is 2. The second-order valence-electron chi connectivity index (χ2n) is 10.00. The van der Waals surface area contributed by atoms with Gasteiger partial charge in [0.25, 0.3) is 0 Å². The van der Waals surface area contributed by atoms with Crippen LogP contribution in [0.4, 0.5) is 0 Å². The molecule has 160 valence electrons. The van der Waals surface area contributed by atoms with Crippen molar-refractivity contribution in [2.45, 2.75) is 58.6 Å². The Bertz CT molecular complexity index is 1310. The Kier molecular flexibility index (Phi) is 4.46. The third kappa shape index (κ3) is 2.90. The molecule has 0 spiro atoms. The van der Waals surface area contributed by atoms with Crippen LogP contribution in [0, 0.1) is 19.8 Å². The van der Waals surface area contributed by atoms with Gasteiger partial charge >= 0.3 is 0 Å². The first-order chi connectivity index (χ1) is 14.7. The van der Waals surface area contributed by atoms with Gasteiger partial charge in [-0.3, -0.25) is 0 Å². The number of aromatic nitrogens is 2. The fourth-order valence-electron chi connectivity index (χ4n) is 6.14. The molecule has 0 bridgehead atoms. The number of aliphatic hydroxyl groups is 1. The normalized spacial score (nSPS) is 21.2. The molecular formula is C28H32N2O. The third-order valence-corrected chi connectivity index (χ3v) is 7.30. The van der Waals surface area contributed by atoms with Crippen molar-refractivity contribution in [3.05, 3.63) is 83.2 Å². The van der Waals surface area contributed by atoms with Gasteiger partial charge in [0.1, 0.15) is 0 Å². The maximum atomic E-state index is 11.5. The summed E-state index contributed by atoms with van der Waals surface area (Å²) in [4.78, 5) is 3.74. The van der Waals surface area contributed by atoms with Crippen LogP contribution in [0.15, 0.2) is 60.7 Å². The van der Waals surface area contributed by atoms with Crippen molar-refractivity contribution >= 4 is 21.8 Å². The summed E-state index contributed by atoms with van der Waals surface area (Å²) in [5.41, 5.74) is 7.86. The molecule has 0 fully saturated rings. The number of benzene rings is 2. The summed E-state index contributed by atoms with van der Waals surface area (Å²) < 4.78 is 2.51. The summed E-state index contributed by atoms with van der Waals surface area (Å²) in [6.45, 7) is 14.7. The maximum absolute atomic E-state index is 11.5. The Hall–Kier alpha value is -2.78. The van der Waals surface area contributed by atoms with Crippen molar-refractivity contribution in [3.8, 4) is 0 Å². The molecule has 0 saturated heterocycles. The number of H-pyrrole nitrogens is 1. The summed E-state index contributed by atoms with van der Waals surface area (Å²) in [5.74, 6) is 0.245. The summed E-state index contributed by atoms with van der Waals surface area (Å²) in [6, 6.07) is 17.2. The number of aromatic amines is 1. The van der Waals surface area contributed by atoms with Gasteiger partial charge in [-0.15, -0.1) is 6.58 Å². The minimum absolute atomic E-state index is 0.0327. The van der Waals surface area contributed by atoms with Gasteiger partial charge in [0.05, 0.1) is 11.6 Å². The highest BCUT2D eigenvalue weighted by Crippen LogP contribution is 2.56. The molecule has 0 aliphatic carbocycles. The van der Waals surface area contributed by atoms with Gasteiger partial charge in [-0.05, 0) is 64.3 Å². The average molecular weight is 413 g/mol. The van der Waals surface area contributed by atoms with Crippen LogP contribution in [0.3, 0.4) is 0 Å². The zero-order valence-corrected chi connectivity index (χ0v) is 19.2. The molecule has 31 heavy (non-hydrogen) atoms. The molecule has 4 aromatic rings. The van der Waals surface area contributed by atoms with Gasteiger partial charge in [-0.2, -0.15) is 0 Å². The minimum Gasteiger partial charge on any atom is -0.390 e. The second kappa shape index (κ2) is 6.86. The fourth-order valence-corrected chi connectivity index (χ4v) is 6.14. The van der Waals surface area contributed by atoms with Gasteiger partial charge in [-0.25, -0.2) is 0 Å². The number of allylic oxidation sites excluding steroid dienone is 1. The predicted octanol–water partition coefficient (Wildman–Crippen LogP) is 6.78. The molecule has 3 heterocycles. The minimum atomic E-state index is -0.846. The van der Waals surface area contributed by atoms with Crippen LogP contribution >= 0.6 is 0 Å². The number of fused-ring (bicyclic) bond motifs is 4. The van der Waals surface area contributed by atoms with Gasteiger partial charge in [-0.1, -0.05) is 42.0 Å². The first-order valence-corrected chi connectivity index (χ1v) is 11.2. The molecule has 1 aliphatic heterocycles. The molecule has 1 aliphatic rings. The molecule has 3 heteroatoms. The SMILES string of the molecule is C=C(C)C[C@H]1c2c(C)c3ccccc3n2[C@@H](c2[nH]c3ccccc3c2C)[C@@H]1C(C)(C)O. The molecule has 2 aromatic carbocycles. The number of nitrogens with one attached hydrogen (secondary N) is 1. The van der Waals surface area contributed by atoms with Crippen LogP contribution in [0.2, 0.25) is 0 Å². The first kappa shape index (κ1) is 20.1. The molecule has 2 aromatic heterocycles. The molecule has 2 N–H and O–H groups in total. The zero-order valence-electron chi connectivity index (χ0n) is 19.2. The molecular weight excluding hydrogens is 380 g/mol. The highest BCUT2D eigenvalue weighted by molar-refractivity contribution is 5.88. The number of nitrogens with zero attached hydrogens (tertiary/aromatic N) is 1. The van der Waals surface area contributed by atoms with Crippen molar-refractivity contribution in [1.82, 2.24) is 9.55 Å². The number of para-hydroxylation sites is 2. The Morgan fingerprint density at radius 1 is 1.03 bits per heavy atom. The standard InChI is InChI=1S/C28H32N2O/c1-16(2)15-21-24(28(5,6)31)27(25-17(3)19-11-7-9-13-22(19)29-25)30-23-14-10-8-12-20(23)18(4)26(21)30/h7-14,21,24,27,29,31H,1,15H2,2-6H3/t21-,24-,27-/m1/s1. The lowest BCUT2D eigenvalue weighted by Gasteiger charge is -2.36. The van der Waals surface area contributed by atoms with Crippen LogP contribution in [-0.4, -0.2) is 20.3 Å².